The average molecular weight is 355 g/mol. The molecule has 2 heterocycles. The van der Waals surface area contributed by atoms with E-state index in [9.17, 15) is 0 Å². The van der Waals surface area contributed by atoms with E-state index in [2.05, 4.69) is 67.9 Å². The number of aryl methyl sites for hydroxylation is 2. The number of hydrogen-bond donors (Lipinski definition) is 2. The number of anilines is 1. The standard InChI is InChI=1S/C22H21N5/c1-14-24-20(16-9-10-17-13-23-27-21(17)11-16)12-22(25-14)26-19-8-4-6-15-5-2-3-7-18(15)19/h2-3,5,7,9-13,19H,4,6,8H2,1H3,(H,23,27)(H,24,25,26). The Balaban J connectivity index is 1.49. The lowest BCUT2D eigenvalue weighted by Gasteiger charge is -2.27. The van der Waals surface area contributed by atoms with Gasteiger partial charge in [0.1, 0.15) is 11.6 Å². The molecule has 2 aromatic carbocycles. The summed E-state index contributed by atoms with van der Waals surface area (Å²) in [5.41, 5.74) is 5.83. The second kappa shape index (κ2) is 6.50. The number of hydrogen-bond acceptors (Lipinski definition) is 4. The Bertz CT molecular complexity index is 1110. The fraction of sp³-hybridized carbons (Fsp3) is 0.227. The van der Waals surface area contributed by atoms with Crippen LogP contribution in [0.1, 0.15) is 35.8 Å². The van der Waals surface area contributed by atoms with E-state index >= 15 is 0 Å². The van der Waals surface area contributed by atoms with Gasteiger partial charge in [-0.15, -0.1) is 0 Å². The van der Waals surface area contributed by atoms with Gasteiger partial charge in [-0.25, -0.2) is 9.97 Å². The molecule has 1 aliphatic rings. The van der Waals surface area contributed by atoms with Crippen molar-refractivity contribution in [1.82, 2.24) is 20.2 Å². The third kappa shape index (κ3) is 3.05. The summed E-state index contributed by atoms with van der Waals surface area (Å²) in [6.45, 7) is 1.94. The van der Waals surface area contributed by atoms with Crippen molar-refractivity contribution in [2.24, 2.45) is 0 Å². The van der Waals surface area contributed by atoms with Crippen LogP contribution in [-0.4, -0.2) is 20.2 Å². The van der Waals surface area contributed by atoms with Gasteiger partial charge in [-0.2, -0.15) is 5.10 Å². The second-order valence-corrected chi connectivity index (χ2v) is 7.15. The SMILES string of the molecule is Cc1nc(NC2CCCc3ccccc32)cc(-c2ccc3cn[nH]c3c2)n1. The van der Waals surface area contributed by atoms with Crippen LogP contribution in [0.3, 0.4) is 0 Å². The minimum Gasteiger partial charge on any atom is -0.363 e. The first kappa shape index (κ1) is 16.0. The van der Waals surface area contributed by atoms with Crippen LogP contribution in [0.15, 0.2) is 54.7 Å². The van der Waals surface area contributed by atoms with Crippen LogP contribution in [0, 0.1) is 6.92 Å². The van der Waals surface area contributed by atoms with Gasteiger partial charge in [-0.1, -0.05) is 36.4 Å². The maximum Gasteiger partial charge on any atom is 0.130 e. The number of benzene rings is 2. The van der Waals surface area contributed by atoms with Gasteiger partial charge in [-0.3, -0.25) is 5.10 Å². The molecule has 0 saturated carbocycles. The molecule has 2 aromatic heterocycles. The van der Waals surface area contributed by atoms with E-state index in [1.54, 1.807) is 0 Å². The average Bonchev–Trinajstić information content (AvgIpc) is 3.16. The second-order valence-electron chi connectivity index (χ2n) is 7.15. The molecule has 0 fully saturated rings. The molecule has 0 bridgehead atoms. The molecular formula is C22H21N5. The number of fused-ring (bicyclic) bond motifs is 2. The van der Waals surface area contributed by atoms with E-state index < -0.39 is 0 Å². The van der Waals surface area contributed by atoms with E-state index in [0.717, 1.165) is 46.6 Å². The van der Waals surface area contributed by atoms with Crippen LogP contribution in [-0.2, 0) is 6.42 Å². The van der Waals surface area contributed by atoms with Gasteiger partial charge >= 0.3 is 0 Å². The molecule has 2 N–H and O–H groups in total. The Hall–Kier alpha value is -3.21. The molecule has 1 unspecified atom stereocenters. The van der Waals surface area contributed by atoms with Gasteiger partial charge in [0, 0.05) is 17.0 Å². The molecule has 5 nitrogen and oxygen atoms in total. The van der Waals surface area contributed by atoms with E-state index in [0.29, 0.717) is 6.04 Å². The summed E-state index contributed by atoms with van der Waals surface area (Å²) in [6, 6.07) is 17.3. The summed E-state index contributed by atoms with van der Waals surface area (Å²) in [5.74, 6) is 1.65. The van der Waals surface area contributed by atoms with Gasteiger partial charge in [0.2, 0.25) is 0 Å². The smallest absolute Gasteiger partial charge is 0.130 e. The summed E-state index contributed by atoms with van der Waals surface area (Å²) in [5, 5.41) is 11.9. The molecule has 5 rings (SSSR count). The highest BCUT2D eigenvalue weighted by atomic mass is 15.1. The number of rotatable bonds is 3. The Morgan fingerprint density at radius 1 is 1.07 bits per heavy atom. The van der Waals surface area contributed by atoms with Gasteiger partial charge in [-0.05, 0) is 43.4 Å². The van der Waals surface area contributed by atoms with Crippen LogP contribution in [0.5, 0.6) is 0 Å². The highest BCUT2D eigenvalue weighted by molar-refractivity contribution is 5.83. The topological polar surface area (TPSA) is 66.5 Å². The van der Waals surface area contributed by atoms with Gasteiger partial charge < -0.3 is 5.32 Å². The maximum absolute atomic E-state index is 4.65. The zero-order valence-electron chi connectivity index (χ0n) is 15.2. The fourth-order valence-electron chi connectivity index (χ4n) is 3.97. The van der Waals surface area contributed by atoms with E-state index in [1.165, 1.54) is 17.5 Å². The van der Waals surface area contributed by atoms with Crippen molar-refractivity contribution in [2.45, 2.75) is 32.2 Å². The quantitative estimate of drug-likeness (QED) is 0.553. The van der Waals surface area contributed by atoms with Crippen LogP contribution in [0.25, 0.3) is 22.2 Å². The first-order valence-corrected chi connectivity index (χ1v) is 9.40. The van der Waals surface area contributed by atoms with Crippen molar-refractivity contribution >= 4 is 16.7 Å². The lowest BCUT2D eigenvalue weighted by atomic mass is 9.88. The zero-order chi connectivity index (χ0) is 18.2. The third-order valence-corrected chi connectivity index (χ3v) is 5.27. The highest BCUT2D eigenvalue weighted by Crippen LogP contribution is 2.32. The van der Waals surface area contributed by atoms with Crippen LogP contribution in [0.4, 0.5) is 5.82 Å². The first-order valence-electron chi connectivity index (χ1n) is 9.40. The van der Waals surface area contributed by atoms with Crippen molar-refractivity contribution in [3.05, 3.63) is 71.7 Å². The van der Waals surface area contributed by atoms with Crippen molar-refractivity contribution in [3.63, 3.8) is 0 Å². The summed E-state index contributed by atoms with van der Waals surface area (Å²) < 4.78 is 0. The molecule has 0 radical (unpaired) electrons. The number of H-pyrrole nitrogens is 1. The molecule has 0 aliphatic heterocycles. The number of aromatic nitrogens is 4. The monoisotopic (exact) mass is 355 g/mol. The minimum absolute atomic E-state index is 0.298. The van der Waals surface area contributed by atoms with E-state index in [1.807, 2.05) is 19.2 Å². The molecular weight excluding hydrogens is 334 g/mol. The molecule has 134 valence electrons. The fourth-order valence-corrected chi connectivity index (χ4v) is 3.97. The van der Waals surface area contributed by atoms with E-state index in [-0.39, 0.29) is 0 Å². The van der Waals surface area contributed by atoms with Crippen LogP contribution in [0.2, 0.25) is 0 Å². The molecule has 0 amide bonds. The van der Waals surface area contributed by atoms with Crippen LogP contribution >= 0.6 is 0 Å². The predicted octanol–water partition coefficient (Wildman–Crippen LogP) is 4.82. The van der Waals surface area contributed by atoms with Gasteiger partial charge in [0.05, 0.1) is 23.4 Å². The van der Waals surface area contributed by atoms with Crippen molar-refractivity contribution in [3.8, 4) is 11.3 Å². The maximum atomic E-state index is 4.65. The Kier molecular flexibility index (Phi) is 3.85. The van der Waals surface area contributed by atoms with Crippen LogP contribution < -0.4 is 5.32 Å². The largest absolute Gasteiger partial charge is 0.363 e. The molecule has 1 aliphatic carbocycles. The molecule has 5 heteroatoms. The lowest BCUT2D eigenvalue weighted by molar-refractivity contribution is 0.598. The number of nitrogens with one attached hydrogen (secondary N) is 2. The Morgan fingerprint density at radius 3 is 2.96 bits per heavy atom. The summed E-state index contributed by atoms with van der Waals surface area (Å²) in [4.78, 5) is 9.28. The van der Waals surface area contributed by atoms with E-state index in [4.69, 9.17) is 0 Å². The summed E-state index contributed by atoms with van der Waals surface area (Å²) in [7, 11) is 0. The summed E-state index contributed by atoms with van der Waals surface area (Å²) >= 11 is 0. The number of nitrogens with zero attached hydrogens (tertiary/aromatic N) is 3. The lowest BCUT2D eigenvalue weighted by Crippen LogP contribution is -2.18. The number of aromatic amines is 1. The Labute approximate surface area is 157 Å². The summed E-state index contributed by atoms with van der Waals surface area (Å²) in [6.07, 6.45) is 5.31. The molecule has 0 spiro atoms. The molecule has 1 atom stereocenters. The normalized spacial score (nSPS) is 16.3. The van der Waals surface area contributed by atoms with Crippen molar-refractivity contribution in [1.29, 1.82) is 0 Å². The minimum atomic E-state index is 0.298. The highest BCUT2D eigenvalue weighted by Gasteiger charge is 2.20. The molecule has 4 aromatic rings. The van der Waals surface area contributed by atoms with Gasteiger partial charge in [0.15, 0.2) is 0 Å². The molecule has 0 saturated heterocycles. The third-order valence-electron chi connectivity index (χ3n) is 5.27. The Morgan fingerprint density at radius 2 is 2.00 bits per heavy atom. The first-order chi connectivity index (χ1) is 13.3. The molecule has 27 heavy (non-hydrogen) atoms. The predicted molar refractivity (Wildman–Crippen MR) is 108 cm³/mol. The van der Waals surface area contributed by atoms with Crippen molar-refractivity contribution < 1.29 is 0 Å². The zero-order valence-corrected chi connectivity index (χ0v) is 15.2. The van der Waals surface area contributed by atoms with Gasteiger partial charge in [0.25, 0.3) is 0 Å². The van der Waals surface area contributed by atoms with Crippen molar-refractivity contribution in [2.75, 3.05) is 5.32 Å².